The van der Waals surface area contributed by atoms with Crippen LogP contribution in [0.5, 0.6) is 0 Å². The smallest absolute Gasteiger partial charge is 0.147 e. The van der Waals surface area contributed by atoms with Crippen molar-refractivity contribution in [1.29, 1.82) is 0 Å². The summed E-state index contributed by atoms with van der Waals surface area (Å²) in [5.74, 6) is 0.960. The Labute approximate surface area is 111 Å². The molecule has 2 N–H and O–H groups in total. The van der Waals surface area contributed by atoms with Crippen LogP contribution in [0.15, 0.2) is 6.20 Å². The highest BCUT2D eigenvalue weighted by molar-refractivity contribution is 5.37. The highest BCUT2D eigenvalue weighted by atomic mass is 15.2. The molecule has 0 amide bonds. The molecule has 0 fully saturated rings. The molecule has 1 aromatic rings. The minimum Gasteiger partial charge on any atom is -0.355 e. The van der Waals surface area contributed by atoms with Gasteiger partial charge in [-0.25, -0.2) is 4.98 Å². The first-order chi connectivity index (χ1) is 8.39. The molecule has 0 aliphatic heterocycles. The van der Waals surface area contributed by atoms with Gasteiger partial charge in [-0.1, -0.05) is 20.8 Å². The Morgan fingerprint density at radius 1 is 1.28 bits per heavy atom. The number of hydrogen-bond acceptors (Lipinski definition) is 4. The maximum absolute atomic E-state index is 5.82. The second-order valence-corrected chi connectivity index (χ2v) is 5.69. The van der Waals surface area contributed by atoms with Crippen LogP contribution >= 0.6 is 0 Å². The molecule has 0 bridgehead atoms. The molecule has 0 unspecified atom stereocenters. The van der Waals surface area contributed by atoms with Gasteiger partial charge in [0.2, 0.25) is 0 Å². The van der Waals surface area contributed by atoms with Gasteiger partial charge in [-0.3, -0.25) is 4.98 Å². The van der Waals surface area contributed by atoms with E-state index in [2.05, 4.69) is 35.6 Å². The summed E-state index contributed by atoms with van der Waals surface area (Å²) in [6.07, 6.45) is 2.96. The minimum absolute atomic E-state index is 0.0929. The number of anilines is 1. The molecule has 0 saturated carbocycles. The lowest BCUT2D eigenvalue weighted by atomic mass is 9.93. The van der Waals surface area contributed by atoms with Crippen LogP contribution in [-0.4, -0.2) is 29.6 Å². The molecule has 0 spiro atoms. The van der Waals surface area contributed by atoms with Gasteiger partial charge in [-0.15, -0.1) is 0 Å². The Balaban J connectivity index is 2.93. The number of nitrogens with two attached hydrogens (primary N) is 1. The zero-order chi connectivity index (χ0) is 13.8. The van der Waals surface area contributed by atoms with E-state index in [1.54, 1.807) is 0 Å². The van der Waals surface area contributed by atoms with Crippen molar-refractivity contribution in [3.8, 4) is 0 Å². The van der Waals surface area contributed by atoms with Gasteiger partial charge in [0.05, 0.1) is 17.6 Å². The number of aromatic nitrogens is 2. The van der Waals surface area contributed by atoms with Crippen LogP contribution in [0, 0.1) is 19.3 Å². The van der Waals surface area contributed by atoms with E-state index in [1.807, 2.05) is 20.0 Å². The maximum atomic E-state index is 5.82. The molecule has 4 heteroatoms. The molecule has 1 rings (SSSR count). The van der Waals surface area contributed by atoms with E-state index in [9.17, 15) is 0 Å². The quantitative estimate of drug-likeness (QED) is 0.841. The molecule has 0 radical (unpaired) electrons. The Morgan fingerprint density at radius 3 is 2.44 bits per heavy atom. The van der Waals surface area contributed by atoms with Gasteiger partial charge < -0.3 is 10.6 Å². The second-order valence-electron chi connectivity index (χ2n) is 5.69. The third kappa shape index (κ3) is 3.95. The summed E-state index contributed by atoms with van der Waals surface area (Å²) in [7, 11) is 0. The summed E-state index contributed by atoms with van der Waals surface area (Å²) in [5, 5.41) is 0. The average Bonchev–Trinajstić information content (AvgIpc) is 2.32. The molecular weight excluding hydrogens is 224 g/mol. The van der Waals surface area contributed by atoms with Gasteiger partial charge in [-0.2, -0.15) is 0 Å². The van der Waals surface area contributed by atoms with E-state index < -0.39 is 0 Å². The van der Waals surface area contributed by atoms with E-state index in [1.165, 1.54) is 0 Å². The second kappa shape index (κ2) is 6.14. The standard InChI is InChI=1S/C14H26N4/c1-6-7-18(10-14(4,5)9-15)13-8-16-11(2)12(3)17-13/h8H,6-7,9-10,15H2,1-5H3. The van der Waals surface area contributed by atoms with Crippen LogP contribution in [0.2, 0.25) is 0 Å². The largest absolute Gasteiger partial charge is 0.355 e. The highest BCUT2D eigenvalue weighted by Crippen LogP contribution is 2.20. The van der Waals surface area contributed by atoms with Crippen molar-refractivity contribution in [2.45, 2.75) is 41.0 Å². The fraction of sp³-hybridized carbons (Fsp3) is 0.714. The van der Waals surface area contributed by atoms with Crippen LogP contribution in [0.25, 0.3) is 0 Å². The summed E-state index contributed by atoms with van der Waals surface area (Å²) in [6.45, 7) is 13.1. The zero-order valence-electron chi connectivity index (χ0n) is 12.3. The fourth-order valence-electron chi connectivity index (χ4n) is 1.81. The lowest BCUT2D eigenvalue weighted by Gasteiger charge is -2.32. The first-order valence-electron chi connectivity index (χ1n) is 6.65. The first kappa shape index (κ1) is 14.9. The fourth-order valence-corrected chi connectivity index (χ4v) is 1.81. The highest BCUT2D eigenvalue weighted by Gasteiger charge is 2.21. The van der Waals surface area contributed by atoms with Gasteiger partial charge in [-0.05, 0) is 32.2 Å². The molecular formula is C14H26N4. The Kier molecular flexibility index (Phi) is 5.08. The summed E-state index contributed by atoms with van der Waals surface area (Å²) in [4.78, 5) is 11.3. The van der Waals surface area contributed by atoms with Crippen LogP contribution in [0.3, 0.4) is 0 Å². The molecule has 1 heterocycles. The normalized spacial score (nSPS) is 11.7. The van der Waals surface area contributed by atoms with Gasteiger partial charge in [0, 0.05) is 13.1 Å². The average molecular weight is 250 g/mol. The van der Waals surface area contributed by atoms with E-state index >= 15 is 0 Å². The lowest BCUT2D eigenvalue weighted by Crippen LogP contribution is -2.39. The summed E-state index contributed by atoms with van der Waals surface area (Å²) >= 11 is 0. The molecule has 0 aromatic carbocycles. The van der Waals surface area contributed by atoms with Crippen molar-refractivity contribution in [2.24, 2.45) is 11.1 Å². The van der Waals surface area contributed by atoms with Gasteiger partial charge in [0.1, 0.15) is 5.82 Å². The van der Waals surface area contributed by atoms with Crippen LogP contribution in [-0.2, 0) is 0 Å². The Morgan fingerprint density at radius 2 is 1.94 bits per heavy atom. The number of nitrogens with zero attached hydrogens (tertiary/aromatic N) is 3. The molecule has 0 saturated heterocycles. The third-order valence-corrected chi connectivity index (χ3v) is 3.17. The summed E-state index contributed by atoms with van der Waals surface area (Å²) in [5.41, 5.74) is 7.91. The summed E-state index contributed by atoms with van der Waals surface area (Å²) < 4.78 is 0. The molecule has 4 nitrogen and oxygen atoms in total. The Hall–Kier alpha value is -1.16. The van der Waals surface area contributed by atoms with Gasteiger partial charge in [0.25, 0.3) is 0 Å². The van der Waals surface area contributed by atoms with E-state index in [0.29, 0.717) is 6.54 Å². The topological polar surface area (TPSA) is 55.0 Å². The molecule has 0 aliphatic carbocycles. The number of aryl methyl sites for hydroxylation is 2. The van der Waals surface area contributed by atoms with E-state index in [0.717, 1.165) is 36.7 Å². The lowest BCUT2D eigenvalue weighted by molar-refractivity contribution is 0.376. The number of hydrogen-bond donors (Lipinski definition) is 1. The van der Waals surface area contributed by atoms with Crippen molar-refractivity contribution in [2.75, 3.05) is 24.5 Å². The monoisotopic (exact) mass is 250 g/mol. The van der Waals surface area contributed by atoms with E-state index in [-0.39, 0.29) is 5.41 Å². The van der Waals surface area contributed by atoms with Gasteiger partial charge >= 0.3 is 0 Å². The molecule has 18 heavy (non-hydrogen) atoms. The molecule has 1 aromatic heterocycles. The van der Waals surface area contributed by atoms with Crippen molar-refractivity contribution >= 4 is 5.82 Å². The third-order valence-electron chi connectivity index (χ3n) is 3.17. The molecule has 0 atom stereocenters. The minimum atomic E-state index is 0.0929. The van der Waals surface area contributed by atoms with E-state index in [4.69, 9.17) is 5.73 Å². The SMILES string of the molecule is CCCN(CC(C)(C)CN)c1cnc(C)c(C)n1. The maximum Gasteiger partial charge on any atom is 0.147 e. The number of rotatable bonds is 6. The summed E-state index contributed by atoms with van der Waals surface area (Å²) in [6, 6.07) is 0. The van der Waals surface area contributed by atoms with Crippen molar-refractivity contribution in [3.05, 3.63) is 17.6 Å². The van der Waals surface area contributed by atoms with Crippen LogP contribution < -0.4 is 10.6 Å². The van der Waals surface area contributed by atoms with Crippen LogP contribution in [0.4, 0.5) is 5.82 Å². The van der Waals surface area contributed by atoms with Crippen molar-refractivity contribution in [3.63, 3.8) is 0 Å². The van der Waals surface area contributed by atoms with Crippen LogP contribution in [0.1, 0.15) is 38.6 Å². The molecule has 102 valence electrons. The van der Waals surface area contributed by atoms with Gasteiger partial charge in [0.15, 0.2) is 0 Å². The predicted molar refractivity (Wildman–Crippen MR) is 76.8 cm³/mol. The zero-order valence-corrected chi connectivity index (χ0v) is 12.3. The van der Waals surface area contributed by atoms with Crippen molar-refractivity contribution < 1.29 is 0 Å². The molecule has 0 aliphatic rings. The first-order valence-corrected chi connectivity index (χ1v) is 6.65. The van der Waals surface area contributed by atoms with Crippen molar-refractivity contribution in [1.82, 2.24) is 9.97 Å². The predicted octanol–water partition coefficient (Wildman–Crippen LogP) is 2.29. The Bertz CT molecular complexity index is 387.